The molecule has 0 aliphatic rings. The van der Waals surface area contributed by atoms with Crippen molar-refractivity contribution in [3.63, 3.8) is 0 Å². The number of hydrogen-bond donors (Lipinski definition) is 0. The predicted molar refractivity (Wildman–Crippen MR) is 381 cm³/mol. The molecule has 0 aliphatic carbocycles. The Kier molecular flexibility index (Phi) is 135. The summed E-state index contributed by atoms with van der Waals surface area (Å²) in [5.41, 5.74) is 0. The molecule has 0 bridgehead atoms. The zero-order valence-corrected chi connectivity index (χ0v) is 69.7. The van der Waals surface area contributed by atoms with Crippen molar-refractivity contribution in [2.24, 2.45) is 0 Å². The molecule has 0 aliphatic heterocycles. The Balaban J connectivity index is -0.000000113. The monoisotopic (exact) mass is 1550 g/mol. The van der Waals surface area contributed by atoms with Gasteiger partial charge >= 0.3 is 52.4 Å². The number of hydrogen-bond acceptors (Lipinski definition) is 16. The van der Waals surface area contributed by atoms with Gasteiger partial charge in [0.25, 0.3) is 0 Å². The van der Waals surface area contributed by atoms with Crippen molar-refractivity contribution < 1.29 is 132 Å². The first kappa shape index (κ1) is 117. The first-order valence-corrected chi connectivity index (χ1v) is 39.8. The van der Waals surface area contributed by atoms with E-state index < -0.39 is 47.8 Å². The third kappa shape index (κ3) is 166. The second kappa shape index (κ2) is 113. The first-order valence-electron chi connectivity index (χ1n) is 39.8. The van der Waals surface area contributed by atoms with Gasteiger partial charge in [-0.25, -0.2) is 0 Å². The molecule has 0 heterocycles. The van der Waals surface area contributed by atoms with E-state index >= 15 is 0 Å². The van der Waals surface area contributed by atoms with E-state index in [1.165, 1.54) is 257 Å². The molecule has 0 unspecified atom stereocenters. The summed E-state index contributed by atoms with van der Waals surface area (Å²) in [6.45, 7) is 17.5. The molecule has 0 spiro atoms. The van der Waals surface area contributed by atoms with E-state index in [1.807, 2.05) is 0 Å². The van der Waals surface area contributed by atoms with Gasteiger partial charge < -0.3 is 79.2 Å². The maximum absolute atomic E-state index is 10.0. The van der Waals surface area contributed by atoms with Gasteiger partial charge in [0.15, 0.2) is 0 Å². The Hall–Kier alpha value is -2.47. The summed E-state index contributed by atoms with van der Waals surface area (Å²) in [4.78, 5) is 80.2. The minimum absolute atomic E-state index is 0. The van der Waals surface area contributed by atoms with Crippen molar-refractivity contribution in [1.82, 2.24) is 0 Å². The molecule has 0 saturated heterocycles. The van der Waals surface area contributed by atoms with Crippen molar-refractivity contribution in [3.8, 4) is 0 Å². The minimum Gasteiger partial charge on any atom is -0.550 e. The fraction of sp³-hybridized carbons (Fsp3) is 0.900. The molecule has 16 nitrogen and oxygen atoms in total. The van der Waals surface area contributed by atoms with Crippen LogP contribution in [0.15, 0.2) is 0 Å². The average Bonchev–Trinajstić information content (AvgIpc) is 3.56. The van der Waals surface area contributed by atoms with Gasteiger partial charge in [-0.05, 0) is 103 Å². The summed E-state index contributed by atoms with van der Waals surface area (Å²) in [5, 5.41) is 80.2. The van der Waals surface area contributed by atoms with Gasteiger partial charge in [-0.1, -0.05) is 364 Å². The molecule has 18 heteroatoms. The Morgan fingerprint density at radius 3 is 0.255 bits per heavy atom. The quantitative estimate of drug-likeness (QED) is 0.0511. The maximum Gasteiger partial charge on any atom is 4.00 e. The molecular formula is C80H152O16Zr2. The predicted octanol–water partition coefficient (Wildman–Crippen LogP) is 15.0. The summed E-state index contributed by atoms with van der Waals surface area (Å²) in [5.74, 6) is -7.31. The Labute approximate surface area is 641 Å². The van der Waals surface area contributed by atoms with E-state index in [1.54, 1.807) is 0 Å². The van der Waals surface area contributed by atoms with Crippen molar-refractivity contribution >= 4 is 47.8 Å². The molecule has 0 radical (unpaired) electrons. The summed E-state index contributed by atoms with van der Waals surface area (Å²) < 4.78 is 0. The van der Waals surface area contributed by atoms with Crippen LogP contribution in [0.4, 0.5) is 0 Å². The standard InChI is InChI=1S/8C10H20O2.2Zr/c8*1-2-3-4-5-6-7-8-9-10(11)12;;/h8*2-9H2,1H3,(H,11,12);;/q;;;;;;;;2*+4/p-8. The number of carbonyl (C=O) groups is 8. The fourth-order valence-corrected chi connectivity index (χ4v) is 9.81. The van der Waals surface area contributed by atoms with Crippen molar-refractivity contribution in [2.45, 2.75) is 466 Å². The normalized spacial score (nSPS) is 9.88. The van der Waals surface area contributed by atoms with Crippen LogP contribution in [-0.2, 0) is 90.8 Å². The minimum atomic E-state index is -0.913. The second-order valence-electron chi connectivity index (χ2n) is 25.9. The molecule has 576 valence electrons. The van der Waals surface area contributed by atoms with E-state index in [9.17, 15) is 79.2 Å². The number of unbranched alkanes of at least 4 members (excludes halogenated alkanes) is 48. The van der Waals surface area contributed by atoms with Crippen molar-refractivity contribution in [1.29, 1.82) is 0 Å². The van der Waals surface area contributed by atoms with E-state index in [4.69, 9.17) is 0 Å². The van der Waals surface area contributed by atoms with Gasteiger partial charge in [-0.3, -0.25) is 0 Å². The van der Waals surface area contributed by atoms with E-state index in [-0.39, 0.29) is 104 Å². The largest absolute Gasteiger partial charge is 4.00 e. The molecule has 0 saturated carbocycles. The van der Waals surface area contributed by atoms with Crippen LogP contribution >= 0.6 is 0 Å². The molecule has 98 heavy (non-hydrogen) atoms. The topological polar surface area (TPSA) is 321 Å². The molecule has 0 aromatic rings. The molecule has 0 N–H and O–H groups in total. The van der Waals surface area contributed by atoms with Crippen molar-refractivity contribution in [2.75, 3.05) is 0 Å². The van der Waals surface area contributed by atoms with E-state index in [2.05, 4.69) is 55.4 Å². The van der Waals surface area contributed by atoms with Gasteiger partial charge in [0.05, 0.1) is 0 Å². The first-order chi connectivity index (χ1) is 46.2. The Morgan fingerprint density at radius 1 is 0.133 bits per heavy atom. The average molecular weight is 1550 g/mol. The smallest absolute Gasteiger partial charge is 0.550 e. The van der Waals surface area contributed by atoms with Crippen LogP contribution in [-0.4, -0.2) is 47.8 Å². The Bertz CT molecular complexity index is 1230. The van der Waals surface area contributed by atoms with Crippen LogP contribution < -0.4 is 40.9 Å². The SMILES string of the molecule is CCCCCCCCCC(=O)[O-].CCCCCCCCCC(=O)[O-].CCCCCCCCCC(=O)[O-].CCCCCCCCCC(=O)[O-].CCCCCCCCCC(=O)[O-].CCCCCCCCCC(=O)[O-].CCCCCCCCCC(=O)[O-].CCCCCCCCCC(=O)[O-].[Zr+4].[Zr+4]. The summed E-state index contributed by atoms with van der Waals surface area (Å²) in [6.07, 6.45) is 66.7. The molecule has 0 fully saturated rings. The van der Waals surface area contributed by atoms with Crippen LogP contribution in [0.2, 0.25) is 0 Å². The number of carboxylic acid groups (broad SMARTS) is 8. The molecule has 0 aromatic heterocycles. The van der Waals surface area contributed by atoms with E-state index in [0.717, 1.165) is 103 Å². The van der Waals surface area contributed by atoms with Gasteiger partial charge in [-0.2, -0.15) is 0 Å². The van der Waals surface area contributed by atoms with Crippen LogP contribution in [0.5, 0.6) is 0 Å². The molecular weight excluding hydrogens is 1400 g/mol. The fourth-order valence-electron chi connectivity index (χ4n) is 9.81. The zero-order chi connectivity index (χ0) is 73.9. The third-order valence-electron chi connectivity index (χ3n) is 15.9. The number of rotatable bonds is 64. The number of carboxylic acids is 8. The maximum atomic E-state index is 10.0. The van der Waals surface area contributed by atoms with Gasteiger partial charge in [0.2, 0.25) is 0 Å². The third-order valence-corrected chi connectivity index (χ3v) is 15.9. The molecule has 0 atom stereocenters. The molecule has 0 aromatic carbocycles. The Morgan fingerprint density at radius 2 is 0.194 bits per heavy atom. The van der Waals surface area contributed by atoms with Gasteiger partial charge in [0, 0.05) is 47.8 Å². The second-order valence-corrected chi connectivity index (χ2v) is 25.9. The van der Waals surface area contributed by atoms with Crippen LogP contribution in [0.1, 0.15) is 466 Å². The van der Waals surface area contributed by atoms with Gasteiger partial charge in [-0.15, -0.1) is 0 Å². The van der Waals surface area contributed by atoms with Crippen molar-refractivity contribution in [3.05, 3.63) is 0 Å². The summed E-state index contributed by atoms with van der Waals surface area (Å²) in [7, 11) is 0. The van der Waals surface area contributed by atoms with Crippen LogP contribution in [0, 0.1) is 0 Å². The molecule has 0 amide bonds. The summed E-state index contributed by atoms with van der Waals surface area (Å²) >= 11 is 0. The molecule has 0 rings (SSSR count). The number of carbonyl (C=O) groups excluding carboxylic acids is 8. The van der Waals surface area contributed by atoms with Crippen LogP contribution in [0.3, 0.4) is 0 Å². The van der Waals surface area contributed by atoms with Crippen LogP contribution in [0.25, 0.3) is 0 Å². The number of aliphatic carboxylic acids is 8. The zero-order valence-electron chi connectivity index (χ0n) is 64.8. The van der Waals surface area contributed by atoms with Gasteiger partial charge in [0.1, 0.15) is 0 Å². The van der Waals surface area contributed by atoms with E-state index in [0.29, 0.717) is 0 Å². The summed E-state index contributed by atoms with van der Waals surface area (Å²) in [6, 6.07) is 0.